The molecule has 0 aromatic carbocycles. The van der Waals surface area contributed by atoms with E-state index in [0.29, 0.717) is 17.6 Å². The highest BCUT2D eigenvalue weighted by atomic mass is 32.7. The molecule has 46 heavy (non-hydrogen) atoms. The Labute approximate surface area is 265 Å². The third-order valence-electron chi connectivity index (χ3n) is 7.65. The third-order valence-corrected chi connectivity index (χ3v) is 9.78. The Morgan fingerprint density at radius 1 is 1.24 bits per heavy atom. The lowest BCUT2D eigenvalue weighted by Crippen LogP contribution is -2.29. The van der Waals surface area contributed by atoms with E-state index in [4.69, 9.17) is 33.6 Å². The zero-order chi connectivity index (χ0) is 33.0. The van der Waals surface area contributed by atoms with Crippen LogP contribution in [0.15, 0.2) is 42.6 Å². The van der Waals surface area contributed by atoms with Crippen LogP contribution in [0.1, 0.15) is 32.2 Å². The van der Waals surface area contributed by atoms with Crippen LogP contribution in [0, 0.1) is 11.7 Å². The lowest BCUT2D eigenvalue weighted by atomic mass is 9.98. The Bertz CT molecular complexity index is 2010. The van der Waals surface area contributed by atoms with Crippen molar-refractivity contribution < 1.29 is 40.1 Å². The topological polar surface area (TPSA) is 244 Å². The maximum absolute atomic E-state index is 14.7. The lowest BCUT2D eigenvalue weighted by molar-refractivity contribution is -0.0424. The maximum Gasteiger partial charge on any atom is 0.386 e. The van der Waals surface area contributed by atoms with E-state index >= 15 is 0 Å². The van der Waals surface area contributed by atoms with Crippen LogP contribution in [0.3, 0.4) is 0 Å². The SMILES string of the molecule is C=C[C@@H]1[C@H](OP(=O)(S)OC[C@@H]2C[C@@H](OS(N)(=O)=O)[C@H](n3cc(F)c4c(=O)[nH]cnc43)O2)[C@@H](CC)O[C@H]1n1cnc2c(N)ncnc21. The molecule has 2 aliphatic rings. The van der Waals surface area contributed by atoms with Gasteiger partial charge < -0.3 is 24.8 Å². The fourth-order valence-electron chi connectivity index (χ4n) is 5.71. The van der Waals surface area contributed by atoms with Gasteiger partial charge in [-0.05, 0) is 6.42 Å². The summed E-state index contributed by atoms with van der Waals surface area (Å²) in [5, 5.41) is 4.74. The largest absolute Gasteiger partial charge is 0.386 e. The summed E-state index contributed by atoms with van der Waals surface area (Å²) in [5.74, 6) is -1.29. The van der Waals surface area contributed by atoms with E-state index < -0.39 is 77.9 Å². The molecule has 22 heteroatoms. The molecule has 18 nitrogen and oxygen atoms in total. The molecule has 6 heterocycles. The van der Waals surface area contributed by atoms with Crippen LogP contribution in [-0.4, -0.2) is 73.5 Å². The predicted molar refractivity (Wildman–Crippen MR) is 162 cm³/mol. The molecular formula is C24H29FN9O9PS2. The van der Waals surface area contributed by atoms with Gasteiger partial charge in [0.05, 0.1) is 37.4 Å². The molecule has 0 spiro atoms. The van der Waals surface area contributed by atoms with E-state index in [-0.39, 0.29) is 23.3 Å². The van der Waals surface area contributed by atoms with Crippen LogP contribution < -0.4 is 16.4 Å². The van der Waals surface area contributed by atoms with Gasteiger partial charge in [0.1, 0.15) is 35.7 Å². The molecule has 0 radical (unpaired) electrons. The molecule has 5 N–H and O–H groups in total. The second-order valence-corrected chi connectivity index (χ2v) is 14.6. The quantitative estimate of drug-likeness (QED) is 0.0989. The zero-order valence-corrected chi connectivity index (χ0v) is 26.6. The highest BCUT2D eigenvalue weighted by molar-refractivity contribution is 8.44. The summed E-state index contributed by atoms with van der Waals surface area (Å²) in [6.45, 7) is 1.21. The van der Waals surface area contributed by atoms with Crippen LogP contribution in [0.2, 0.25) is 0 Å². The van der Waals surface area contributed by atoms with Crippen molar-refractivity contribution in [1.82, 2.24) is 34.1 Å². The summed E-state index contributed by atoms with van der Waals surface area (Å²) < 4.78 is 83.3. The van der Waals surface area contributed by atoms with Crippen molar-refractivity contribution in [2.45, 2.75) is 56.6 Å². The number of hydrogen-bond donors (Lipinski definition) is 4. The second-order valence-electron chi connectivity index (χ2n) is 10.5. The Balaban J connectivity index is 1.19. The van der Waals surface area contributed by atoms with Crippen molar-refractivity contribution in [3.05, 3.63) is 54.0 Å². The van der Waals surface area contributed by atoms with E-state index in [9.17, 15) is 22.2 Å². The average molecular weight is 702 g/mol. The van der Waals surface area contributed by atoms with Gasteiger partial charge in [0.25, 0.3) is 5.56 Å². The number of nitrogens with one attached hydrogen (secondary N) is 1. The smallest absolute Gasteiger partial charge is 0.382 e. The number of nitrogen functional groups attached to an aromatic ring is 1. The van der Waals surface area contributed by atoms with Gasteiger partial charge in [0.2, 0.25) is 0 Å². The van der Waals surface area contributed by atoms with Gasteiger partial charge in [-0.3, -0.25) is 18.4 Å². The number of hydrogen-bond acceptors (Lipinski definition) is 14. The number of imidazole rings is 1. The Hall–Kier alpha value is -3.27. The predicted octanol–water partition coefficient (Wildman–Crippen LogP) is 1.71. The van der Waals surface area contributed by atoms with Gasteiger partial charge in [-0.2, -0.15) is 8.42 Å². The minimum Gasteiger partial charge on any atom is -0.382 e. The number of thiol groups is 1. The first-order valence-electron chi connectivity index (χ1n) is 13.8. The van der Waals surface area contributed by atoms with Crippen LogP contribution in [0.4, 0.5) is 10.2 Å². The van der Waals surface area contributed by atoms with E-state index in [0.717, 1.165) is 17.1 Å². The van der Waals surface area contributed by atoms with Crippen molar-refractivity contribution in [2.24, 2.45) is 11.1 Å². The van der Waals surface area contributed by atoms with E-state index in [1.165, 1.54) is 12.7 Å². The average Bonchev–Trinajstić information content (AvgIpc) is 3.75. The van der Waals surface area contributed by atoms with Crippen LogP contribution in [-0.2, 0) is 37.6 Å². The number of aromatic amines is 1. The number of anilines is 1. The van der Waals surface area contributed by atoms with Crippen molar-refractivity contribution in [2.75, 3.05) is 12.3 Å². The minimum absolute atomic E-state index is 0.129. The van der Waals surface area contributed by atoms with E-state index in [1.807, 2.05) is 6.92 Å². The summed E-state index contributed by atoms with van der Waals surface area (Å²) in [7, 11) is -4.50. The molecule has 0 amide bonds. The summed E-state index contributed by atoms with van der Waals surface area (Å²) in [5.41, 5.74) is 5.85. The number of ether oxygens (including phenoxy) is 2. The number of rotatable bonds is 11. The van der Waals surface area contributed by atoms with Crippen LogP contribution >= 0.6 is 19.0 Å². The molecule has 2 aliphatic heterocycles. The molecule has 8 atom stereocenters. The minimum atomic E-state index is -4.50. The number of nitrogens with zero attached hydrogens (tertiary/aromatic N) is 6. The van der Waals surface area contributed by atoms with E-state index in [2.05, 4.69) is 43.7 Å². The van der Waals surface area contributed by atoms with Crippen LogP contribution in [0.25, 0.3) is 22.2 Å². The maximum atomic E-state index is 14.7. The van der Waals surface area contributed by atoms with Gasteiger partial charge in [0, 0.05) is 12.6 Å². The molecule has 0 bridgehead atoms. The Kier molecular flexibility index (Phi) is 8.80. The Morgan fingerprint density at radius 2 is 2.02 bits per heavy atom. The number of halogens is 1. The molecule has 0 saturated carbocycles. The fourth-order valence-corrected chi connectivity index (χ4v) is 7.76. The number of aromatic nitrogens is 7. The third kappa shape index (κ3) is 6.21. The standard InChI is InChI=1S/C24H29FN9O9PS2/c1-3-12-18(14(4-2)41-23(12)34-10-32-17-19(26)28-8-30-21(17)34)42-44(36,45)39-7-11-5-15(43-46(27,37)38)24(40-11)33-6-13(25)16-20(33)29-9-31-22(16)35/h3,6,8-12,14-15,18,23-24H,1,4-5,7H2,2H3,(H,36,45)(H2,26,28,30)(H2,27,37,38)(H,29,31,35)/t11-,12+,14+,15+,18-,23+,24+,44?/m0/s1. The highest BCUT2D eigenvalue weighted by Crippen LogP contribution is 2.58. The number of nitrogens with two attached hydrogens (primary N) is 2. The summed E-state index contributed by atoms with van der Waals surface area (Å²) in [4.78, 5) is 30.9. The Morgan fingerprint density at radius 3 is 2.74 bits per heavy atom. The van der Waals surface area contributed by atoms with Crippen molar-refractivity contribution in [3.8, 4) is 0 Å². The van der Waals surface area contributed by atoms with Crippen molar-refractivity contribution >= 4 is 57.4 Å². The molecule has 0 aliphatic carbocycles. The van der Waals surface area contributed by atoms with Crippen molar-refractivity contribution in [3.63, 3.8) is 0 Å². The molecule has 4 aromatic heterocycles. The van der Waals surface area contributed by atoms with Gasteiger partial charge in [0.15, 0.2) is 29.2 Å². The monoisotopic (exact) mass is 701 g/mol. The molecule has 248 valence electrons. The summed E-state index contributed by atoms with van der Waals surface area (Å²) in [6.07, 6.45) is 1.01. The van der Waals surface area contributed by atoms with Gasteiger partial charge in [-0.1, -0.05) is 25.2 Å². The van der Waals surface area contributed by atoms with E-state index in [1.54, 1.807) is 10.6 Å². The first kappa shape index (κ1) is 32.7. The second kappa shape index (κ2) is 12.4. The molecular weight excluding hydrogens is 672 g/mol. The first-order valence-corrected chi connectivity index (χ1v) is 17.9. The fraction of sp³-hybridized carbons (Fsp3) is 0.458. The summed E-state index contributed by atoms with van der Waals surface area (Å²) in [6, 6.07) is 0. The molecule has 6 rings (SSSR count). The van der Waals surface area contributed by atoms with Crippen LogP contribution in [0.5, 0.6) is 0 Å². The lowest BCUT2D eigenvalue weighted by Gasteiger charge is -2.25. The highest BCUT2D eigenvalue weighted by Gasteiger charge is 2.48. The van der Waals surface area contributed by atoms with Crippen molar-refractivity contribution in [1.29, 1.82) is 0 Å². The molecule has 2 fully saturated rings. The zero-order valence-electron chi connectivity index (χ0n) is 23.9. The first-order chi connectivity index (χ1) is 21.8. The van der Waals surface area contributed by atoms with Gasteiger partial charge >= 0.3 is 17.1 Å². The van der Waals surface area contributed by atoms with Gasteiger partial charge in [-0.25, -0.2) is 38.2 Å². The normalized spacial score (nSPS) is 28.2. The molecule has 2 saturated heterocycles. The summed E-state index contributed by atoms with van der Waals surface area (Å²) >= 11 is 4.18. The number of fused-ring (bicyclic) bond motifs is 2. The molecule has 1 unspecified atom stereocenters. The molecule has 4 aromatic rings. The number of H-pyrrole nitrogens is 1. The van der Waals surface area contributed by atoms with Gasteiger partial charge in [-0.15, -0.1) is 6.58 Å².